The number of aromatic nitrogens is 2. The number of halogens is 1. The lowest BCUT2D eigenvalue weighted by Crippen LogP contribution is -2.39. The predicted molar refractivity (Wildman–Crippen MR) is 102 cm³/mol. The van der Waals surface area contributed by atoms with Gasteiger partial charge in [0.1, 0.15) is 18.3 Å². The van der Waals surface area contributed by atoms with Gasteiger partial charge in [0, 0.05) is 12.7 Å². The second-order valence-corrected chi connectivity index (χ2v) is 11.4. The Balaban J connectivity index is 2.09. The summed E-state index contributed by atoms with van der Waals surface area (Å²) < 4.78 is 46.9. The summed E-state index contributed by atoms with van der Waals surface area (Å²) in [7, 11) is -16.4. The maximum atomic E-state index is 11.9. The number of aliphatic hydroxyl groups excluding tert-OH is 2. The fraction of sp³-hybridized carbons (Fsp3) is 0.556. The SMILES string of the molecule is O=c1[nH]c(=O)n([C@@H]2O[C@H](CNP(=O)(O)OP(=O)(O)OP(=O)(O)O)[C@@H](O)[C@H]2O)cc1I. The van der Waals surface area contributed by atoms with E-state index in [1.165, 1.54) is 0 Å². The summed E-state index contributed by atoms with van der Waals surface area (Å²) in [5.74, 6) is 0. The summed E-state index contributed by atoms with van der Waals surface area (Å²) in [4.78, 5) is 60.8. The Morgan fingerprint density at radius 1 is 1.13 bits per heavy atom. The Labute approximate surface area is 179 Å². The third kappa shape index (κ3) is 6.85. The summed E-state index contributed by atoms with van der Waals surface area (Å²) in [6.45, 7) is -0.798. The van der Waals surface area contributed by atoms with Crippen molar-refractivity contribution in [2.24, 2.45) is 0 Å². The van der Waals surface area contributed by atoms with Crippen LogP contribution >= 0.6 is 46.0 Å². The van der Waals surface area contributed by atoms with Crippen LogP contribution in [-0.4, -0.2) is 64.2 Å². The minimum atomic E-state index is -5.67. The molecule has 1 saturated heterocycles. The molecule has 1 fully saturated rings. The van der Waals surface area contributed by atoms with E-state index in [4.69, 9.17) is 19.4 Å². The van der Waals surface area contributed by atoms with Crippen LogP contribution in [0.2, 0.25) is 0 Å². The molecule has 1 aromatic heterocycles. The smallest absolute Gasteiger partial charge is 0.387 e. The highest BCUT2D eigenvalue weighted by Crippen LogP contribution is 2.64. The number of H-pyrrole nitrogens is 1. The Kier molecular flexibility index (Phi) is 8.03. The summed E-state index contributed by atoms with van der Waals surface area (Å²) in [5.41, 5.74) is -1.68. The number of phosphoric acid groups is 2. The molecule has 30 heavy (non-hydrogen) atoms. The van der Waals surface area contributed by atoms with E-state index in [0.29, 0.717) is 0 Å². The van der Waals surface area contributed by atoms with Crippen LogP contribution in [0.3, 0.4) is 0 Å². The maximum Gasteiger partial charge on any atom is 0.489 e. The maximum absolute atomic E-state index is 11.9. The molecule has 1 aliphatic rings. The Morgan fingerprint density at radius 2 is 1.73 bits per heavy atom. The van der Waals surface area contributed by atoms with Crippen molar-refractivity contribution < 1.29 is 56.8 Å². The van der Waals surface area contributed by atoms with Crippen LogP contribution < -0.4 is 16.3 Å². The third-order valence-electron chi connectivity index (χ3n) is 3.45. The van der Waals surface area contributed by atoms with Crippen LogP contribution in [0, 0.1) is 3.57 Å². The molecule has 0 radical (unpaired) electrons. The topological polar surface area (TPSA) is 267 Å². The van der Waals surface area contributed by atoms with Gasteiger partial charge in [0.2, 0.25) is 0 Å². The van der Waals surface area contributed by atoms with Gasteiger partial charge in [-0.1, -0.05) is 0 Å². The van der Waals surface area contributed by atoms with Crippen molar-refractivity contribution in [3.8, 4) is 0 Å². The molecule has 0 spiro atoms. The number of rotatable bonds is 8. The van der Waals surface area contributed by atoms with Crippen LogP contribution in [0.25, 0.3) is 0 Å². The Bertz CT molecular complexity index is 1050. The van der Waals surface area contributed by atoms with Gasteiger partial charge in [-0.05, 0) is 22.6 Å². The molecule has 21 heteroatoms. The first-order valence-electron chi connectivity index (χ1n) is 7.43. The minimum Gasteiger partial charge on any atom is -0.387 e. The Hall–Kier alpha value is -0.300. The van der Waals surface area contributed by atoms with Crippen molar-refractivity contribution in [2.45, 2.75) is 24.5 Å². The number of hydrogen-bond donors (Lipinski definition) is 8. The summed E-state index contributed by atoms with van der Waals surface area (Å²) in [5, 5.41) is 21.8. The second kappa shape index (κ2) is 9.29. The average Bonchev–Trinajstić information content (AvgIpc) is 2.81. The third-order valence-corrected chi connectivity index (χ3v) is 8.19. The monoisotopic (exact) mass is 609 g/mol. The fourth-order valence-corrected chi connectivity index (χ4v) is 5.96. The zero-order chi connectivity index (χ0) is 23.1. The van der Waals surface area contributed by atoms with Crippen LogP contribution in [0.15, 0.2) is 15.8 Å². The molecule has 6 atom stereocenters. The molecule has 2 heterocycles. The van der Waals surface area contributed by atoms with Crippen LogP contribution in [0.1, 0.15) is 6.23 Å². The molecule has 0 aliphatic carbocycles. The van der Waals surface area contributed by atoms with E-state index in [2.05, 4.69) is 8.62 Å². The molecule has 2 rings (SSSR count). The first-order valence-corrected chi connectivity index (χ1v) is 13.1. The summed E-state index contributed by atoms with van der Waals surface area (Å²) in [6.07, 6.45) is -5.39. The number of ether oxygens (including phenoxy) is 1. The van der Waals surface area contributed by atoms with Gasteiger partial charge in [-0.25, -0.2) is 23.6 Å². The first kappa shape index (κ1) is 26.0. The van der Waals surface area contributed by atoms with E-state index in [-0.39, 0.29) is 3.57 Å². The molecule has 0 saturated carbocycles. The zero-order valence-electron chi connectivity index (χ0n) is 14.2. The molecule has 2 unspecified atom stereocenters. The molecule has 0 bridgehead atoms. The van der Waals surface area contributed by atoms with Crippen LogP contribution in [-0.2, 0) is 27.1 Å². The van der Waals surface area contributed by atoms with Gasteiger partial charge >= 0.3 is 29.1 Å². The lowest BCUT2D eigenvalue weighted by Gasteiger charge is -2.20. The molecule has 1 aliphatic heterocycles. The number of nitrogens with zero attached hydrogens (tertiary/aromatic N) is 1. The second-order valence-electron chi connectivity index (χ2n) is 5.69. The average molecular weight is 609 g/mol. The highest BCUT2D eigenvalue weighted by Gasteiger charge is 2.46. The lowest BCUT2D eigenvalue weighted by molar-refractivity contribution is -0.0384. The molecular formula is C9H15IN3O14P3. The van der Waals surface area contributed by atoms with E-state index < -0.39 is 65.7 Å². The van der Waals surface area contributed by atoms with E-state index in [0.717, 1.165) is 10.8 Å². The summed E-state index contributed by atoms with van der Waals surface area (Å²) in [6, 6.07) is 0. The molecule has 1 aromatic rings. The first-order chi connectivity index (χ1) is 13.5. The van der Waals surface area contributed by atoms with E-state index in [1.807, 2.05) is 4.98 Å². The fourth-order valence-electron chi connectivity index (χ4n) is 2.30. The van der Waals surface area contributed by atoms with Crippen molar-refractivity contribution in [3.63, 3.8) is 0 Å². The van der Waals surface area contributed by atoms with Gasteiger partial charge in [-0.2, -0.15) is 8.62 Å². The van der Waals surface area contributed by atoms with Gasteiger partial charge in [0.05, 0.1) is 3.57 Å². The lowest BCUT2D eigenvalue weighted by atomic mass is 10.1. The van der Waals surface area contributed by atoms with Gasteiger partial charge in [-0.15, -0.1) is 0 Å². The van der Waals surface area contributed by atoms with Crippen molar-refractivity contribution in [1.29, 1.82) is 0 Å². The number of nitrogens with one attached hydrogen (secondary N) is 2. The van der Waals surface area contributed by atoms with E-state index >= 15 is 0 Å². The minimum absolute atomic E-state index is 0.0519. The highest BCUT2D eigenvalue weighted by atomic mass is 127. The molecule has 172 valence electrons. The number of aliphatic hydroxyl groups is 2. The van der Waals surface area contributed by atoms with Gasteiger partial charge in [0.15, 0.2) is 6.23 Å². The predicted octanol–water partition coefficient (Wildman–Crippen LogP) is -2.32. The van der Waals surface area contributed by atoms with Crippen molar-refractivity contribution in [3.05, 3.63) is 30.6 Å². The number of aromatic amines is 1. The Morgan fingerprint density at radius 3 is 2.30 bits per heavy atom. The van der Waals surface area contributed by atoms with Crippen LogP contribution in [0.5, 0.6) is 0 Å². The van der Waals surface area contributed by atoms with Crippen molar-refractivity contribution in [2.75, 3.05) is 6.54 Å². The summed E-state index contributed by atoms with van der Waals surface area (Å²) >= 11 is 1.60. The van der Waals surface area contributed by atoms with Crippen LogP contribution in [0.4, 0.5) is 0 Å². The van der Waals surface area contributed by atoms with Gasteiger partial charge in [0.25, 0.3) is 5.56 Å². The molecule has 0 amide bonds. The van der Waals surface area contributed by atoms with Crippen molar-refractivity contribution >= 4 is 46.0 Å². The zero-order valence-corrected chi connectivity index (χ0v) is 19.1. The normalized spacial score (nSPS) is 28.8. The van der Waals surface area contributed by atoms with E-state index in [9.17, 15) is 38.4 Å². The van der Waals surface area contributed by atoms with Gasteiger partial charge < -0.3 is 34.5 Å². The van der Waals surface area contributed by atoms with Gasteiger partial charge in [-0.3, -0.25) is 14.3 Å². The molecule has 0 aromatic carbocycles. The quantitative estimate of drug-likeness (QED) is 0.114. The molecule has 8 N–H and O–H groups in total. The standard InChI is InChI=1S/C9H15IN3O14P3/c10-3-2-13(9(17)12-7(3)16)8-6(15)5(14)4(25-8)1-11-28(18,19)26-30(23,24)27-29(20,21)22/h2,4-6,8,14-15H,1H2,(H,23,24)(H2,11,18,19)(H,12,16,17)(H2,20,21,22)/t4-,5-,6-,8-/m1/s1. The van der Waals surface area contributed by atoms with E-state index in [1.54, 1.807) is 27.7 Å². The highest BCUT2D eigenvalue weighted by molar-refractivity contribution is 14.1. The molecule has 17 nitrogen and oxygen atoms in total. The molecular weight excluding hydrogens is 594 g/mol. The largest absolute Gasteiger partial charge is 0.489 e. The van der Waals surface area contributed by atoms with Crippen molar-refractivity contribution in [1.82, 2.24) is 14.6 Å². The number of hydrogen-bond acceptors (Lipinski definition) is 10.